The van der Waals surface area contributed by atoms with Crippen molar-refractivity contribution in [2.45, 2.75) is 12.7 Å². The fourth-order valence-electron chi connectivity index (χ4n) is 1.86. The van der Waals surface area contributed by atoms with Gasteiger partial charge in [0.2, 0.25) is 0 Å². The molecule has 9 heteroatoms. The lowest BCUT2D eigenvalue weighted by Gasteiger charge is -2.26. The standard InChI is InChI=1S/C11H12ClF3N2O2S/c12-9-5-8(11(13,14)15)6-16-10(9)7-17-1-3-20(18,19)4-2-17/h5-6H,1-4,7H2. The number of alkyl halides is 3. The molecule has 0 spiro atoms. The van der Waals surface area contributed by atoms with Gasteiger partial charge in [-0.1, -0.05) is 11.6 Å². The van der Waals surface area contributed by atoms with Crippen molar-refractivity contribution < 1.29 is 21.6 Å². The Morgan fingerprint density at radius 3 is 2.40 bits per heavy atom. The highest BCUT2D eigenvalue weighted by Crippen LogP contribution is 2.31. The van der Waals surface area contributed by atoms with Crippen LogP contribution in [0.4, 0.5) is 13.2 Å². The van der Waals surface area contributed by atoms with Gasteiger partial charge in [0.15, 0.2) is 9.84 Å². The highest BCUT2D eigenvalue weighted by Gasteiger charge is 2.32. The van der Waals surface area contributed by atoms with E-state index < -0.39 is 21.6 Å². The SMILES string of the molecule is O=S1(=O)CCN(Cc2ncc(C(F)(F)F)cc2Cl)CC1. The molecule has 20 heavy (non-hydrogen) atoms. The maximum atomic E-state index is 12.5. The Bertz CT molecular complexity index is 590. The molecule has 1 aliphatic rings. The molecule has 2 rings (SSSR count). The van der Waals surface area contributed by atoms with Crippen molar-refractivity contribution in [2.75, 3.05) is 24.6 Å². The van der Waals surface area contributed by atoms with Gasteiger partial charge in [-0.05, 0) is 6.07 Å². The van der Waals surface area contributed by atoms with Crippen LogP contribution in [-0.4, -0.2) is 42.9 Å². The number of hydrogen-bond donors (Lipinski definition) is 0. The number of aromatic nitrogens is 1. The van der Waals surface area contributed by atoms with Crippen LogP contribution in [-0.2, 0) is 22.6 Å². The number of rotatable bonds is 2. The van der Waals surface area contributed by atoms with E-state index in [2.05, 4.69) is 4.98 Å². The van der Waals surface area contributed by atoms with Gasteiger partial charge < -0.3 is 0 Å². The van der Waals surface area contributed by atoms with Crippen LogP contribution >= 0.6 is 11.6 Å². The topological polar surface area (TPSA) is 50.3 Å². The lowest BCUT2D eigenvalue weighted by molar-refractivity contribution is -0.137. The minimum atomic E-state index is -4.48. The molecular formula is C11H12ClF3N2O2S. The molecule has 1 aliphatic heterocycles. The van der Waals surface area contributed by atoms with Crippen LogP contribution < -0.4 is 0 Å². The molecule has 0 N–H and O–H groups in total. The lowest BCUT2D eigenvalue weighted by Crippen LogP contribution is -2.39. The molecule has 0 unspecified atom stereocenters. The van der Waals surface area contributed by atoms with Gasteiger partial charge in [0, 0.05) is 25.8 Å². The van der Waals surface area contributed by atoms with E-state index in [1.165, 1.54) is 0 Å². The summed E-state index contributed by atoms with van der Waals surface area (Å²) in [5.74, 6) is 0.0938. The summed E-state index contributed by atoms with van der Waals surface area (Å²) in [5.41, 5.74) is -0.577. The van der Waals surface area contributed by atoms with Gasteiger partial charge in [-0.2, -0.15) is 13.2 Å². The highest BCUT2D eigenvalue weighted by atomic mass is 35.5. The van der Waals surface area contributed by atoms with E-state index in [9.17, 15) is 21.6 Å². The minimum absolute atomic E-state index is 0.0469. The number of halogens is 4. The Labute approximate surface area is 119 Å². The zero-order valence-corrected chi connectivity index (χ0v) is 11.9. The van der Waals surface area contributed by atoms with E-state index in [4.69, 9.17) is 11.6 Å². The number of nitrogens with zero attached hydrogens (tertiary/aromatic N) is 2. The van der Waals surface area contributed by atoms with Crippen molar-refractivity contribution in [3.63, 3.8) is 0 Å². The predicted molar refractivity (Wildman–Crippen MR) is 68.2 cm³/mol. The summed E-state index contributed by atoms with van der Waals surface area (Å²) in [6, 6.07) is 0.838. The normalized spacial score (nSPS) is 20.0. The van der Waals surface area contributed by atoms with Gasteiger partial charge in [0.05, 0.1) is 27.8 Å². The fraction of sp³-hybridized carbons (Fsp3) is 0.545. The minimum Gasteiger partial charge on any atom is -0.295 e. The summed E-state index contributed by atoms with van der Waals surface area (Å²) in [6.07, 6.45) is -3.74. The van der Waals surface area contributed by atoms with Crippen LogP contribution in [0, 0.1) is 0 Å². The Kier molecular flexibility index (Phi) is 4.27. The molecule has 0 amide bonds. The van der Waals surface area contributed by atoms with Gasteiger partial charge in [-0.3, -0.25) is 9.88 Å². The highest BCUT2D eigenvalue weighted by molar-refractivity contribution is 7.91. The second-order valence-corrected chi connectivity index (χ2v) is 7.29. The third kappa shape index (κ3) is 3.83. The molecule has 0 radical (unpaired) electrons. The monoisotopic (exact) mass is 328 g/mol. The van der Waals surface area contributed by atoms with Gasteiger partial charge in [0.25, 0.3) is 0 Å². The number of sulfone groups is 1. The summed E-state index contributed by atoms with van der Waals surface area (Å²) in [7, 11) is -2.99. The lowest BCUT2D eigenvalue weighted by atomic mass is 10.2. The van der Waals surface area contributed by atoms with Crippen LogP contribution in [0.2, 0.25) is 5.02 Å². The molecular weight excluding hydrogens is 317 g/mol. The molecule has 1 saturated heterocycles. The zero-order chi connectivity index (χ0) is 15.0. The van der Waals surface area contributed by atoms with Crippen LogP contribution in [0.3, 0.4) is 0 Å². The molecule has 2 heterocycles. The van der Waals surface area contributed by atoms with Crippen molar-refractivity contribution in [2.24, 2.45) is 0 Å². The quantitative estimate of drug-likeness (QED) is 0.833. The largest absolute Gasteiger partial charge is 0.417 e. The number of hydrogen-bond acceptors (Lipinski definition) is 4. The van der Waals surface area contributed by atoms with Crippen LogP contribution in [0.15, 0.2) is 12.3 Å². The Balaban J connectivity index is 2.08. The molecule has 112 valence electrons. The zero-order valence-electron chi connectivity index (χ0n) is 10.3. The molecule has 0 aromatic carbocycles. The summed E-state index contributed by atoms with van der Waals surface area (Å²) < 4.78 is 60.0. The first kappa shape index (κ1) is 15.5. The summed E-state index contributed by atoms with van der Waals surface area (Å²) in [5, 5.41) is -0.0618. The molecule has 0 atom stereocenters. The summed E-state index contributed by atoms with van der Waals surface area (Å²) >= 11 is 5.80. The van der Waals surface area contributed by atoms with E-state index in [0.717, 1.165) is 12.3 Å². The summed E-state index contributed by atoms with van der Waals surface area (Å²) in [6.45, 7) is 0.912. The van der Waals surface area contributed by atoms with Gasteiger partial charge in [-0.15, -0.1) is 0 Å². The molecule has 1 aromatic heterocycles. The Morgan fingerprint density at radius 2 is 1.90 bits per heavy atom. The molecule has 0 bridgehead atoms. The first-order chi connectivity index (χ1) is 9.17. The molecule has 1 aromatic rings. The molecule has 0 saturated carbocycles. The Hall–Kier alpha value is -0.860. The molecule has 0 aliphatic carbocycles. The Morgan fingerprint density at radius 1 is 1.30 bits per heavy atom. The third-order valence-corrected chi connectivity index (χ3v) is 4.99. The maximum Gasteiger partial charge on any atom is 0.417 e. The molecule has 1 fully saturated rings. The van der Waals surface area contributed by atoms with E-state index in [1.807, 2.05) is 4.90 Å². The summed E-state index contributed by atoms with van der Waals surface area (Å²) in [4.78, 5) is 5.54. The van der Waals surface area contributed by atoms with Gasteiger partial charge in [-0.25, -0.2) is 8.42 Å². The average molecular weight is 329 g/mol. The molecule has 4 nitrogen and oxygen atoms in total. The third-order valence-electron chi connectivity index (χ3n) is 3.06. The predicted octanol–water partition coefficient (Wildman–Crippen LogP) is 1.98. The van der Waals surface area contributed by atoms with E-state index in [0.29, 0.717) is 18.8 Å². The van der Waals surface area contributed by atoms with Crippen LogP contribution in [0.25, 0.3) is 0 Å². The first-order valence-corrected chi connectivity index (χ1v) is 8.02. The number of pyridine rings is 1. The van der Waals surface area contributed by atoms with E-state index >= 15 is 0 Å². The fourth-order valence-corrected chi connectivity index (χ4v) is 3.36. The average Bonchev–Trinajstić information content (AvgIpc) is 2.33. The van der Waals surface area contributed by atoms with E-state index in [-0.39, 0.29) is 23.1 Å². The first-order valence-electron chi connectivity index (χ1n) is 5.82. The van der Waals surface area contributed by atoms with Crippen molar-refractivity contribution >= 4 is 21.4 Å². The second kappa shape index (κ2) is 5.50. The van der Waals surface area contributed by atoms with E-state index in [1.54, 1.807) is 0 Å². The maximum absolute atomic E-state index is 12.5. The van der Waals surface area contributed by atoms with Crippen molar-refractivity contribution in [3.05, 3.63) is 28.5 Å². The smallest absolute Gasteiger partial charge is 0.295 e. The van der Waals surface area contributed by atoms with Gasteiger partial charge >= 0.3 is 6.18 Å². The van der Waals surface area contributed by atoms with Crippen LogP contribution in [0.1, 0.15) is 11.3 Å². The van der Waals surface area contributed by atoms with Gasteiger partial charge in [0.1, 0.15) is 0 Å². The van der Waals surface area contributed by atoms with Crippen molar-refractivity contribution in [3.8, 4) is 0 Å². The van der Waals surface area contributed by atoms with Crippen molar-refractivity contribution in [1.29, 1.82) is 0 Å². The van der Waals surface area contributed by atoms with Crippen molar-refractivity contribution in [1.82, 2.24) is 9.88 Å². The van der Waals surface area contributed by atoms with Crippen LogP contribution in [0.5, 0.6) is 0 Å². The second-order valence-electron chi connectivity index (χ2n) is 4.58.